The molecule has 34 heavy (non-hydrogen) atoms. The van der Waals surface area contributed by atoms with E-state index in [4.69, 9.17) is 16.3 Å². The van der Waals surface area contributed by atoms with E-state index in [1.54, 1.807) is 35.2 Å². The Morgan fingerprint density at radius 1 is 1.12 bits per heavy atom. The molecule has 5 rings (SSSR count). The van der Waals surface area contributed by atoms with Gasteiger partial charge in [0.25, 0.3) is 17.4 Å². The zero-order chi connectivity index (χ0) is 23.9. The zero-order valence-corrected chi connectivity index (χ0v) is 19.5. The van der Waals surface area contributed by atoms with E-state index >= 15 is 0 Å². The molecule has 2 aromatic rings. The van der Waals surface area contributed by atoms with Gasteiger partial charge in [-0.25, -0.2) is 0 Å². The molecule has 1 unspecified atom stereocenters. The van der Waals surface area contributed by atoms with Gasteiger partial charge in [0.05, 0.1) is 13.2 Å². The van der Waals surface area contributed by atoms with Crippen LogP contribution in [0.4, 0.5) is 0 Å². The third kappa shape index (κ3) is 4.36. The third-order valence-electron chi connectivity index (χ3n) is 6.91. The maximum absolute atomic E-state index is 13.2. The molecule has 10 heteroatoms. The molecule has 1 aliphatic carbocycles. The largest absolute Gasteiger partial charge is 0.376 e. The number of carbonyl (C=O) groups is 2. The van der Waals surface area contributed by atoms with Gasteiger partial charge in [0.2, 0.25) is 0 Å². The van der Waals surface area contributed by atoms with Gasteiger partial charge in [-0.2, -0.15) is 0 Å². The van der Waals surface area contributed by atoms with Crippen molar-refractivity contribution < 1.29 is 19.4 Å². The first-order chi connectivity index (χ1) is 16.4. The van der Waals surface area contributed by atoms with Crippen molar-refractivity contribution >= 4 is 23.4 Å². The predicted octanol–water partition coefficient (Wildman–Crippen LogP) is 1.07. The number of ether oxygens (including phenoxy) is 1. The maximum atomic E-state index is 13.2. The number of fused-ring (bicyclic) bond motifs is 1. The Hall–Kier alpha value is -2.72. The lowest BCUT2D eigenvalue weighted by atomic mass is 10.1. The number of hydrogen-bond donors (Lipinski definition) is 2. The number of aromatic nitrogens is 1. The van der Waals surface area contributed by atoms with Gasteiger partial charge in [-0.1, -0.05) is 23.7 Å². The quantitative estimate of drug-likeness (QED) is 0.633. The normalized spacial score (nSPS) is 21.8. The number of aliphatic hydroxyl groups excluding tert-OH is 1. The van der Waals surface area contributed by atoms with Crippen LogP contribution in [0, 0.1) is 0 Å². The highest BCUT2D eigenvalue weighted by Gasteiger charge is 2.52. The van der Waals surface area contributed by atoms with Gasteiger partial charge in [0, 0.05) is 43.3 Å². The van der Waals surface area contributed by atoms with Gasteiger partial charge in [-0.3, -0.25) is 19.3 Å². The van der Waals surface area contributed by atoms with Crippen molar-refractivity contribution in [1.82, 2.24) is 19.7 Å². The summed E-state index contributed by atoms with van der Waals surface area (Å²) in [7, 11) is 0. The smallest absolute Gasteiger partial charge is 0.270 e. The fourth-order valence-electron chi connectivity index (χ4n) is 4.85. The maximum Gasteiger partial charge on any atom is 0.270 e. The summed E-state index contributed by atoms with van der Waals surface area (Å²) in [6.07, 6.45) is 1.15. The SMILES string of the molecule is O=C(NCc1ccc(Cl)cc1)c1ccc2n(c1=O)CCN(CC1(N3CCOCC3O)CC1)C2=O. The Bertz CT molecular complexity index is 1160. The zero-order valence-electron chi connectivity index (χ0n) is 18.7. The molecule has 2 N–H and O–H groups in total. The highest BCUT2D eigenvalue weighted by Crippen LogP contribution is 2.44. The molecule has 0 bridgehead atoms. The van der Waals surface area contributed by atoms with E-state index in [1.807, 2.05) is 4.90 Å². The number of amides is 2. The van der Waals surface area contributed by atoms with Gasteiger partial charge in [0.15, 0.2) is 0 Å². The number of morpholine rings is 1. The Morgan fingerprint density at radius 2 is 1.88 bits per heavy atom. The van der Waals surface area contributed by atoms with Gasteiger partial charge in [-0.05, 0) is 42.7 Å². The number of hydrogen-bond acceptors (Lipinski definition) is 6. The van der Waals surface area contributed by atoms with E-state index in [0.717, 1.165) is 18.4 Å². The van der Waals surface area contributed by atoms with Crippen LogP contribution in [0.15, 0.2) is 41.2 Å². The second kappa shape index (κ2) is 9.14. The first kappa shape index (κ1) is 23.0. The molecular formula is C24H27ClN4O5. The summed E-state index contributed by atoms with van der Waals surface area (Å²) >= 11 is 5.88. The van der Waals surface area contributed by atoms with E-state index in [9.17, 15) is 19.5 Å². The predicted molar refractivity (Wildman–Crippen MR) is 125 cm³/mol. The lowest BCUT2D eigenvalue weighted by molar-refractivity contribution is -0.131. The van der Waals surface area contributed by atoms with Crippen molar-refractivity contribution in [3.63, 3.8) is 0 Å². The van der Waals surface area contributed by atoms with Crippen LogP contribution in [0.3, 0.4) is 0 Å². The minimum Gasteiger partial charge on any atom is -0.376 e. The van der Waals surface area contributed by atoms with Crippen LogP contribution in [0.2, 0.25) is 5.02 Å². The monoisotopic (exact) mass is 486 g/mol. The molecule has 180 valence electrons. The molecule has 1 saturated carbocycles. The van der Waals surface area contributed by atoms with Gasteiger partial charge in [-0.15, -0.1) is 0 Å². The Labute approximate surface area is 201 Å². The average molecular weight is 487 g/mol. The summed E-state index contributed by atoms with van der Waals surface area (Å²) in [6.45, 7) is 2.93. The second-order valence-electron chi connectivity index (χ2n) is 9.10. The van der Waals surface area contributed by atoms with E-state index < -0.39 is 17.7 Å². The summed E-state index contributed by atoms with van der Waals surface area (Å²) in [5, 5.41) is 13.7. The van der Waals surface area contributed by atoms with Crippen LogP contribution in [-0.4, -0.2) is 75.9 Å². The fourth-order valence-corrected chi connectivity index (χ4v) is 4.98. The first-order valence-corrected chi connectivity index (χ1v) is 11.8. The molecule has 2 fully saturated rings. The van der Waals surface area contributed by atoms with Crippen LogP contribution in [-0.2, 0) is 17.8 Å². The summed E-state index contributed by atoms with van der Waals surface area (Å²) in [6, 6.07) is 10.1. The molecule has 1 saturated heterocycles. The van der Waals surface area contributed by atoms with Crippen LogP contribution >= 0.6 is 11.6 Å². The van der Waals surface area contributed by atoms with E-state index in [0.29, 0.717) is 37.8 Å². The summed E-state index contributed by atoms with van der Waals surface area (Å²) in [5.41, 5.74) is 0.450. The van der Waals surface area contributed by atoms with E-state index in [1.165, 1.54) is 10.6 Å². The molecule has 1 atom stereocenters. The van der Waals surface area contributed by atoms with Crippen LogP contribution in [0.5, 0.6) is 0 Å². The summed E-state index contributed by atoms with van der Waals surface area (Å²) in [5.74, 6) is -0.714. The van der Waals surface area contributed by atoms with Gasteiger partial charge >= 0.3 is 0 Å². The molecular weight excluding hydrogens is 460 g/mol. The molecule has 0 radical (unpaired) electrons. The highest BCUT2D eigenvalue weighted by atomic mass is 35.5. The summed E-state index contributed by atoms with van der Waals surface area (Å²) < 4.78 is 6.72. The van der Waals surface area contributed by atoms with Crippen LogP contribution in [0.1, 0.15) is 39.3 Å². The first-order valence-electron chi connectivity index (χ1n) is 11.5. The highest BCUT2D eigenvalue weighted by molar-refractivity contribution is 6.30. The fraction of sp³-hybridized carbons (Fsp3) is 0.458. The molecule has 2 amide bonds. The topological polar surface area (TPSA) is 104 Å². The molecule has 0 spiro atoms. The number of pyridine rings is 1. The van der Waals surface area contributed by atoms with Crippen LogP contribution < -0.4 is 10.9 Å². The van der Waals surface area contributed by atoms with Crippen molar-refractivity contribution in [3.8, 4) is 0 Å². The molecule has 9 nitrogen and oxygen atoms in total. The second-order valence-corrected chi connectivity index (χ2v) is 9.53. The molecule has 3 aliphatic rings. The number of halogens is 1. The standard InChI is InChI=1S/C24H27ClN4O5/c25-17-3-1-16(2-4-17)13-26-21(31)18-5-6-19-23(33)27(9-10-28(19)22(18)32)15-24(7-8-24)29-11-12-34-14-20(29)30/h1-6,20,30H,7-15H2,(H,26,31). The lowest BCUT2D eigenvalue weighted by Crippen LogP contribution is -2.58. The number of rotatable bonds is 6. The van der Waals surface area contributed by atoms with Crippen molar-refractivity contribution in [3.05, 3.63) is 68.6 Å². The Morgan fingerprint density at radius 3 is 2.59 bits per heavy atom. The van der Waals surface area contributed by atoms with Gasteiger partial charge in [0.1, 0.15) is 17.5 Å². The minimum absolute atomic E-state index is 0.00839. The number of nitrogens with zero attached hydrogens (tertiary/aromatic N) is 3. The number of carbonyl (C=O) groups excluding carboxylic acids is 2. The molecule has 1 aromatic heterocycles. The van der Waals surface area contributed by atoms with Crippen molar-refractivity contribution in [2.45, 2.75) is 37.7 Å². The average Bonchev–Trinajstić information content (AvgIpc) is 3.61. The van der Waals surface area contributed by atoms with Gasteiger partial charge < -0.3 is 24.6 Å². The number of nitrogens with one attached hydrogen (secondary N) is 1. The van der Waals surface area contributed by atoms with Crippen molar-refractivity contribution in [2.75, 3.05) is 32.8 Å². The lowest BCUT2D eigenvalue weighted by Gasteiger charge is -2.42. The van der Waals surface area contributed by atoms with Crippen molar-refractivity contribution in [2.24, 2.45) is 0 Å². The molecule has 3 heterocycles. The van der Waals surface area contributed by atoms with E-state index in [2.05, 4.69) is 5.32 Å². The van der Waals surface area contributed by atoms with Crippen LogP contribution in [0.25, 0.3) is 0 Å². The Kier molecular flexibility index (Phi) is 6.20. The van der Waals surface area contributed by atoms with E-state index in [-0.39, 0.29) is 35.9 Å². The summed E-state index contributed by atoms with van der Waals surface area (Å²) in [4.78, 5) is 42.7. The third-order valence-corrected chi connectivity index (χ3v) is 7.16. The minimum atomic E-state index is -0.667. The molecule has 1 aromatic carbocycles. The molecule has 2 aliphatic heterocycles. The Balaban J connectivity index is 1.28. The number of aliphatic hydroxyl groups is 1. The number of benzene rings is 1. The van der Waals surface area contributed by atoms with Crippen molar-refractivity contribution in [1.29, 1.82) is 0 Å².